The van der Waals surface area contributed by atoms with Gasteiger partial charge in [0.1, 0.15) is 5.75 Å². The molecule has 2 aromatic rings. The molecule has 2 aromatic carbocycles. The van der Waals surface area contributed by atoms with Gasteiger partial charge in [-0.15, -0.1) is 0 Å². The van der Waals surface area contributed by atoms with Gasteiger partial charge in [0.25, 0.3) is 5.69 Å². The zero-order chi connectivity index (χ0) is 14.8. The van der Waals surface area contributed by atoms with Gasteiger partial charge in [0.2, 0.25) is 0 Å². The number of para-hydroxylation sites is 1. The van der Waals surface area contributed by atoms with E-state index in [1.807, 2.05) is 24.3 Å². The van der Waals surface area contributed by atoms with Gasteiger partial charge in [-0.25, -0.2) is 0 Å². The maximum absolute atomic E-state index is 12.7. The number of ketones is 1. The fraction of sp³-hybridized carbons (Fsp3) is 0.188. The number of nitro benzene ring substituents is 1. The highest BCUT2D eigenvalue weighted by Gasteiger charge is 2.28. The normalized spacial score (nSPS) is 16.7. The Kier molecular flexibility index (Phi) is 3.39. The lowest BCUT2D eigenvalue weighted by Crippen LogP contribution is -2.21. The van der Waals surface area contributed by atoms with Crippen LogP contribution >= 0.6 is 0 Å². The van der Waals surface area contributed by atoms with Crippen LogP contribution in [0.1, 0.15) is 28.3 Å². The summed E-state index contributed by atoms with van der Waals surface area (Å²) in [6.07, 6.45) is 0.582. The highest BCUT2D eigenvalue weighted by Crippen LogP contribution is 2.35. The summed E-state index contributed by atoms with van der Waals surface area (Å²) in [6, 6.07) is 13.3. The molecule has 5 heteroatoms. The van der Waals surface area contributed by atoms with Crippen LogP contribution in [0.4, 0.5) is 5.69 Å². The quantitative estimate of drug-likeness (QED) is 0.492. The van der Waals surface area contributed by atoms with Crippen LogP contribution in [0.5, 0.6) is 5.75 Å². The average Bonchev–Trinajstić information content (AvgIpc) is 2.53. The van der Waals surface area contributed by atoms with Crippen LogP contribution in [-0.2, 0) is 0 Å². The second-order valence-corrected chi connectivity index (χ2v) is 4.90. The van der Waals surface area contributed by atoms with Crippen molar-refractivity contribution >= 4 is 11.5 Å². The SMILES string of the molecule is O=C(c1cccc([N+](=O)[O-])c1)C1CCOc2ccccc21. The summed E-state index contributed by atoms with van der Waals surface area (Å²) in [5, 5.41) is 10.8. The van der Waals surface area contributed by atoms with Crippen LogP contribution < -0.4 is 4.74 Å². The Balaban J connectivity index is 1.96. The Morgan fingerprint density at radius 2 is 2.00 bits per heavy atom. The number of rotatable bonds is 3. The van der Waals surface area contributed by atoms with Gasteiger partial charge in [-0.1, -0.05) is 30.3 Å². The smallest absolute Gasteiger partial charge is 0.270 e. The maximum Gasteiger partial charge on any atom is 0.270 e. The van der Waals surface area contributed by atoms with E-state index in [2.05, 4.69) is 0 Å². The molecule has 0 bridgehead atoms. The standard InChI is InChI=1S/C16H13NO4/c18-16(11-4-3-5-12(10-11)17(19)20)14-8-9-21-15-7-2-1-6-13(14)15/h1-7,10,14H,8-9H2. The number of carbonyl (C=O) groups is 1. The van der Waals surface area contributed by atoms with Crippen molar-refractivity contribution in [2.45, 2.75) is 12.3 Å². The van der Waals surface area contributed by atoms with Gasteiger partial charge < -0.3 is 4.74 Å². The average molecular weight is 283 g/mol. The summed E-state index contributed by atoms with van der Waals surface area (Å²) in [5.41, 5.74) is 1.15. The number of hydrogen-bond acceptors (Lipinski definition) is 4. The topological polar surface area (TPSA) is 69.4 Å². The fourth-order valence-corrected chi connectivity index (χ4v) is 2.59. The number of ether oxygens (including phenoxy) is 1. The van der Waals surface area contributed by atoms with Gasteiger partial charge in [0.05, 0.1) is 17.4 Å². The first-order chi connectivity index (χ1) is 10.2. The monoisotopic (exact) mass is 283 g/mol. The number of benzene rings is 2. The van der Waals surface area contributed by atoms with Crippen molar-refractivity contribution in [3.8, 4) is 5.75 Å². The number of non-ortho nitro benzene ring substituents is 1. The van der Waals surface area contributed by atoms with Gasteiger partial charge in [0, 0.05) is 23.3 Å². The Morgan fingerprint density at radius 3 is 2.81 bits per heavy atom. The minimum Gasteiger partial charge on any atom is -0.493 e. The van der Waals surface area contributed by atoms with Crippen LogP contribution in [0.15, 0.2) is 48.5 Å². The molecule has 1 atom stereocenters. The minimum absolute atomic E-state index is 0.0683. The number of carbonyl (C=O) groups excluding carboxylic acids is 1. The van der Waals surface area contributed by atoms with Crippen molar-refractivity contribution in [1.82, 2.24) is 0 Å². The lowest BCUT2D eigenvalue weighted by atomic mass is 9.86. The van der Waals surface area contributed by atoms with Crippen molar-refractivity contribution in [3.63, 3.8) is 0 Å². The summed E-state index contributed by atoms with van der Waals surface area (Å²) in [4.78, 5) is 23.0. The first-order valence-electron chi connectivity index (χ1n) is 6.67. The lowest BCUT2D eigenvalue weighted by Gasteiger charge is -2.24. The summed E-state index contributed by atoms with van der Waals surface area (Å²) >= 11 is 0. The molecule has 0 spiro atoms. The van der Waals surface area contributed by atoms with Crippen LogP contribution in [-0.4, -0.2) is 17.3 Å². The minimum atomic E-state index is -0.491. The molecule has 21 heavy (non-hydrogen) atoms. The predicted octanol–water partition coefficient (Wildman–Crippen LogP) is 3.34. The molecule has 0 saturated heterocycles. The molecule has 0 amide bonds. The van der Waals surface area contributed by atoms with Crippen molar-refractivity contribution < 1.29 is 14.5 Å². The van der Waals surface area contributed by atoms with Crippen LogP contribution in [0.3, 0.4) is 0 Å². The highest BCUT2D eigenvalue weighted by molar-refractivity contribution is 6.01. The second-order valence-electron chi connectivity index (χ2n) is 4.90. The van der Waals surface area contributed by atoms with Crippen LogP contribution in [0.2, 0.25) is 0 Å². The third kappa shape index (κ3) is 2.50. The van der Waals surface area contributed by atoms with Crippen LogP contribution in [0, 0.1) is 10.1 Å². The molecular formula is C16H13NO4. The maximum atomic E-state index is 12.7. The molecule has 1 heterocycles. The molecule has 0 fully saturated rings. The van der Waals surface area contributed by atoms with E-state index in [4.69, 9.17) is 4.74 Å². The molecular weight excluding hydrogens is 270 g/mol. The Bertz CT molecular complexity index is 711. The van der Waals surface area contributed by atoms with E-state index in [-0.39, 0.29) is 17.4 Å². The summed E-state index contributed by atoms with van der Waals surface area (Å²) in [6.45, 7) is 0.475. The van der Waals surface area contributed by atoms with Gasteiger partial charge in [-0.05, 0) is 12.5 Å². The molecule has 1 aliphatic heterocycles. The third-order valence-electron chi connectivity index (χ3n) is 3.62. The summed E-state index contributed by atoms with van der Waals surface area (Å²) in [5.74, 6) is 0.305. The van der Waals surface area contributed by atoms with E-state index < -0.39 is 4.92 Å². The van der Waals surface area contributed by atoms with Crippen molar-refractivity contribution in [1.29, 1.82) is 0 Å². The first kappa shape index (κ1) is 13.3. The number of nitrogens with zero attached hydrogens (tertiary/aromatic N) is 1. The Hall–Kier alpha value is -2.69. The highest BCUT2D eigenvalue weighted by atomic mass is 16.6. The van der Waals surface area contributed by atoms with E-state index in [9.17, 15) is 14.9 Å². The molecule has 0 N–H and O–H groups in total. The molecule has 0 aromatic heterocycles. The van der Waals surface area contributed by atoms with Gasteiger partial charge >= 0.3 is 0 Å². The van der Waals surface area contributed by atoms with E-state index in [1.165, 1.54) is 18.2 Å². The van der Waals surface area contributed by atoms with Crippen LogP contribution in [0.25, 0.3) is 0 Å². The second kappa shape index (κ2) is 5.36. The molecule has 1 aliphatic rings. The third-order valence-corrected chi connectivity index (χ3v) is 3.62. The first-order valence-corrected chi connectivity index (χ1v) is 6.67. The number of Topliss-reactive ketones (excluding diaryl/α,β-unsaturated/α-hetero) is 1. The zero-order valence-electron chi connectivity index (χ0n) is 11.2. The largest absolute Gasteiger partial charge is 0.493 e. The molecule has 106 valence electrons. The lowest BCUT2D eigenvalue weighted by molar-refractivity contribution is -0.384. The van der Waals surface area contributed by atoms with Crippen molar-refractivity contribution in [3.05, 3.63) is 69.8 Å². The molecule has 3 rings (SSSR count). The molecule has 5 nitrogen and oxygen atoms in total. The molecule has 0 radical (unpaired) electrons. The fourth-order valence-electron chi connectivity index (χ4n) is 2.59. The van der Waals surface area contributed by atoms with Crippen molar-refractivity contribution in [2.24, 2.45) is 0 Å². The number of hydrogen-bond donors (Lipinski definition) is 0. The number of nitro groups is 1. The van der Waals surface area contributed by atoms with E-state index in [0.29, 0.717) is 24.3 Å². The Morgan fingerprint density at radius 1 is 1.19 bits per heavy atom. The molecule has 1 unspecified atom stereocenters. The Labute approximate surface area is 121 Å². The van der Waals surface area contributed by atoms with E-state index in [1.54, 1.807) is 6.07 Å². The molecule has 0 saturated carbocycles. The predicted molar refractivity (Wildman–Crippen MR) is 76.7 cm³/mol. The van der Waals surface area contributed by atoms with E-state index >= 15 is 0 Å². The summed E-state index contributed by atoms with van der Waals surface area (Å²) in [7, 11) is 0. The van der Waals surface area contributed by atoms with Crippen molar-refractivity contribution in [2.75, 3.05) is 6.61 Å². The van der Waals surface area contributed by atoms with E-state index in [0.717, 1.165) is 5.56 Å². The van der Waals surface area contributed by atoms with Gasteiger partial charge in [-0.3, -0.25) is 14.9 Å². The zero-order valence-corrected chi connectivity index (χ0v) is 11.2. The molecule has 0 aliphatic carbocycles. The van der Waals surface area contributed by atoms with Gasteiger partial charge in [0.15, 0.2) is 5.78 Å². The van der Waals surface area contributed by atoms with Gasteiger partial charge in [-0.2, -0.15) is 0 Å². The number of fused-ring (bicyclic) bond motifs is 1. The summed E-state index contributed by atoms with van der Waals surface area (Å²) < 4.78 is 5.54.